The van der Waals surface area contributed by atoms with E-state index in [0.29, 0.717) is 19.4 Å². The number of hydrogen-bond acceptors (Lipinski definition) is 3. The lowest BCUT2D eigenvalue weighted by atomic mass is 10.2. The summed E-state index contributed by atoms with van der Waals surface area (Å²) in [6.07, 6.45) is 1.04. The van der Waals surface area contributed by atoms with Crippen LogP contribution in [0, 0.1) is 0 Å². The zero-order chi connectivity index (χ0) is 12.6. The third-order valence-electron chi connectivity index (χ3n) is 2.14. The molecule has 0 aromatic heterocycles. The molecular formula is C10H20N2O4. The summed E-state index contributed by atoms with van der Waals surface area (Å²) >= 11 is 0. The first-order valence-corrected chi connectivity index (χ1v) is 5.30. The van der Waals surface area contributed by atoms with E-state index >= 15 is 0 Å². The molecule has 0 aromatic carbocycles. The summed E-state index contributed by atoms with van der Waals surface area (Å²) in [5.74, 6) is -1.03. The van der Waals surface area contributed by atoms with Gasteiger partial charge in [0.2, 0.25) is 0 Å². The Morgan fingerprint density at radius 2 is 2.00 bits per heavy atom. The Balaban J connectivity index is 3.92. The number of carbonyl (C=O) groups is 2. The maximum atomic E-state index is 11.4. The van der Waals surface area contributed by atoms with E-state index in [1.54, 1.807) is 14.0 Å². The van der Waals surface area contributed by atoms with Gasteiger partial charge in [-0.25, -0.2) is 9.59 Å². The molecule has 0 rings (SSSR count). The normalized spacial score (nSPS) is 13.9. The van der Waals surface area contributed by atoms with Gasteiger partial charge in [-0.1, -0.05) is 6.92 Å². The van der Waals surface area contributed by atoms with E-state index in [9.17, 15) is 9.59 Å². The number of methoxy groups -OCH3 is 1. The van der Waals surface area contributed by atoms with E-state index in [1.165, 1.54) is 0 Å². The molecule has 0 spiro atoms. The second-order valence-electron chi connectivity index (χ2n) is 3.60. The quantitative estimate of drug-likeness (QED) is 0.599. The Morgan fingerprint density at radius 3 is 2.44 bits per heavy atom. The Morgan fingerprint density at radius 1 is 1.38 bits per heavy atom. The number of aliphatic carboxylic acids is 1. The third kappa shape index (κ3) is 6.23. The van der Waals surface area contributed by atoms with Gasteiger partial charge in [0, 0.05) is 19.8 Å². The highest BCUT2D eigenvalue weighted by Crippen LogP contribution is 1.93. The average molecular weight is 232 g/mol. The summed E-state index contributed by atoms with van der Waals surface area (Å²) in [5, 5.41) is 13.8. The molecule has 0 fully saturated rings. The van der Waals surface area contributed by atoms with Gasteiger partial charge in [0.05, 0.1) is 0 Å². The van der Waals surface area contributed by atoms with Crippen LogP contribution in [-0.2, 0) is 9.53 Å². The molecule has 0 bridgehead atoms. The van der Waals surface area contributed by atoms with E-state index in [4.69, 9.17) is 9.84 Å². The summed E-state index contributed by atoms with van der Waals surface area (Å²) in [6.45, 7) is 4.09. The lowest BCUT2D eigenvalue weighted by molar-refractivity contribution is -0.139. The van der Waals surface area contributed by atoms with Crippen molar-refractivity contribution in [1.82, 2.24) is 10.6 Å². The van der Waals surface area contributed by atoms with E-state index < -0.39 is 18.0 Å². The zero-order valence-electron chi connectivity index (χ0n) is 9.95. The fourth-order valence-electron chi connectivity index (χ4n) is 1.13. The Labute approximate surface area is 95.4 Å². The van der Waals surface area contributed by atoms with Crippen LogP contribution < -0.4 is 10.6 Å². The first kappa shape index (κ1) is 14.7. The fourth-order valence-corrected chi connectivity index (χ4v) is 1.13. The minimum atomic E-state index is -1.03. The molecule has 6 heteroatoms. The number of carboxylic acid groups (broad SMARTS) is 1. The van der Waals surface area contributed by atoms with Crippen LogP contribution in [0.5, 0.6) is 0 Å². The first-order chi connectivity index (χ1) is 7.51. The monoisotopic (exact) mass is 232 g/mol. The summed E-state index contributed by atoms with van der Waals surface area (Å²) < 4.78 is 4.87. The van der Waals surface area contributed by atoms with Crippen LogP contribution in [-0.4, -0.2) is 42.9 Å². The van der Waals surface area contributed by atoms with Crippen LogP contribution in [0.4, 0.5) is 4.79 Å². The summed E-state index contributed by atoms with van der Waals surface area (Å²) in [7, 11) is 1.59. The highest BCUT2D eigenvalue weighted by atomic mass is 16.5. The van der Waals surface area contributed by atoms with Crippen molar-refractivity contribution in [3.8, 4) is 0 Å². The van der Waals surface area contributed by atoms with Crippen molar-refractivity contribution < 1.29 is 19.4 Å². The van der Waals surface area contributed by atoms with E-state index in [0.717, 1.165) is 0 Å². The molecule has 0 aliphatic carbocycles. The second-order valence-corrected chi connectivity index (χ2v) is 3.60. The number of hydrogen-bond donors (Lipinski definition) is 3. The van der Waals surface area contributed by atoms with Crippen LogP contribution in [0.2, 0.25) is 0 Å². The third-order valence-corrected chi connectivity index (χ3v) is 2.14. The number of carboxylic acids is 1. The van der Waals surface area contributed by atoms with Crippen molar-refractivity contribution in [3.63, 3.8) is 0 Å². The van der Waals surface area contributed by atoms with Crippen molar-refractivity contribution >= 4 is 12.0 Å². The molecule has 0 saturated heterocycles. The van der Waals surface area contributed by atoms with E-state index in [2.05, 4.69) is 10.6 Å². The smallest absolute Gasteiger partial charge is 0.326 e. The van der Waals surface area contributed by atoms with Crippen molar-refractivity contribution in [3.05, 3.63) is 0 Å². The van der Waals surface area contributed by atoms with Crippen molar-refractivity contribution in [1.29, 1.82) is 0 Å². The van der Waals surface area contributed by atoms with Gasteiger partial charge in [-0.15, -0.1) is 0 Å². The van der Waals surface area contributed by atoms with Gasteiger partial charge in [-0.05, 0) is 19.8 Å². The topological polar surface area (TPSA) is 87.7 Å². The molecule has 0 aromatic rings. The maximum Gasteiger partial charge on any atom is 0.326 e. The maximum absolute atomic E-state index is 11.4. The van der Waals surface area contributed by atoms with Crippen LogP contribution in [0.3, 0.4) is 0 Å². The Kier molecular flexibility index (Phi) is 7.28. The number of nitrogens with one attached hydrogen (secondary N) is 2. The van der Waals surface area contributed by atoms with Crippen LogP contribution in [0.1, 0.15) is 26.7 Å². The molecular weight excluding hydrogens is 212 g/mol. The average Bonchev–Trinajstić information content (AvgIpc) is 2.22. The minimum Gasteiger partial charge on any atom is -0.480 e. The van der Waals surface area contributed by atoms with Gasteiger partial charge < -0.3 is 20.5 Å². The molecule has 3 N–H and O–H groups in total. The molecule has 0 aliphatic rings. The lowest BCUT2D eigenvalue weighted by Crippen LogP contribution is -2.48. The van der Waals surface area contributed by atoms with Crippen molar-refractivity contribution in [2.75, 3.05) is 13.7 Å². The molecule has 0 saturated carbocycles. The lowest BCUT2D eigenvalue weighted by Gasteiger charge is -2.17. The molecule has 0 heterocycles. The standard InChI is InChI=1S/C10H20N2O4/c1-4-8(9(13)14)12-10(15)11-7(2)5-6-16-3/h7-8H,4-6H2,1-3H3,(H,13,14)(H2,11,12,15)/t7?,8-/m1/s1. The SMILES string of the molecule is CC[C@@H](NC(=O)NC(C)CCOC)C(=O)O. The van der Waals surface area contributed by atoms with Crippen LogP contribution in [0.15, 0.2) is 0 Å². The zero-order valence-corrected chi connectivity index (χ0v) is 9.95. The van der Waals surface area contributed by atoms with E-state index in [-0.39, 0.29) is 6.04 Å². The Bertz CT molecular complexity index is 233. The molecule has 16 heavy (non-hydrogen) atoms. The predicted octanol–water partition coefficient (Wildman–Crippen LogP) is 0.574. The molecule has 6 nitrogen and oxygen atoms in total. The Hall–Kier alpha value is -1.30. The fraction of sp³-hybridized carbons (Fsp3) is 0.800. The molecule has 0 aliphatic heterocycles. The molecule has 2 amide bonds. The van der Waals surface area contributed by atoms with E-state index in [1.807, 2.05) is 6.92 Å². The van der Waals surface area contributed by atoms with Crippen molar-refractivity contribution in [2.24, 2.45) is 0 Å². The molecule has 2 atom stereocenters. The van der Waals surface area contributed by atoms with Gasteiger partial charge in [-0.2, -0.15) is 0 Å². The summed E-state index contributed by atoms with van der Waals surface area (Å²) in [6, 6.07) is -1.35. The van der Waals surface area contributed by atoms with Gasteiger partial charge >= 0.3 is 12.0 Å². The van der Waals surface area contributed by atoms with Crippen LogP contribution in [0.25, 0.3) is 0 Å². The number of rotatable bonds is 7. The van der Waals surface area contributed by atoms with Crippen molar-refractivity contribution in [2.45, 2.75) is 38.8 Å². The summed E-state index contributed by atoms with van der Waals surface area (Å²) in [5.41, 5.74) is 0. The minimum absolute atomic E-state index is 0.0498. The highest BCUT2D eigenvalue weighted by molar-refractivity contribution is 5.82. The largest absolute Gasteiger partial charge is 0.480 e. The number of amides is 2. The molecule has 1 unspecified atom stereocenters. The highest BCUT2D eigenvalue weighted by Gasteiger charge is 2.18. The number of urea groups is 1. The van der Waals surface area contributed by atoms with Gasteiger partial charge in [0.15, 0.2) is 0 Å². The van der Waals surface area contributed by atoms with Gasteiger partial charge in [-0.3, -0.25) is 0 Å². The first-order valence-electron chi connectivity index (χ1n) is 5.30. The number of carbonyl (C=O) groups excluding carboxylic acids is 1. The second kappa shape index (κ2) is 7.92. The predicted molar refractivity (Wildman–Crippen MR) is 59.3 cm³/mol. The molecule has 0 radical (unpaired) electrons. The van der Waals surface area contributed by atoms with Crippen LogP contribution >= 0.6 is 0 Å². The van der Waals surface area contributed by atoms with Gasteiger partial charge in [0.1, 0.15) is 6.04 Å². The molecule has 94 valence electrons. The summed E-state index contributed by atoms with van der Waals surface area (Å²) in [4.78, 5) is 22.0. The number of ether oxygens (including phenoxy) is 1. The van der Waals surface area contributed by atoms with Gasteiger partial charge in [0.25, 0.3) is 0 Å².